The Kier molecular flexibility index (Phi) is 14.1. The molecule has 47 heavy (non-hydrogen) atoms. The number of carboxylic acid groups (broad SMARTS) is 1. The van der Waals surface area contributed by atoms with E-state index in [0.717, 1.165) is 16.7 Å². The number of carboxylic acids is 1. The minimum atomic E-state index is -1.45. The summed E-state index contributed by atoms with van der Waals surface area (Å²) in [4.78, 5) is 23.1. The maximum atomic E-state index is 11.8. The highest BCUT2D eigenvalue weighted by Crippen LogP contribution is 2.18. The fourth-order valence-corrected chi connectivity index (χ4v) is 4.67. The molecule has 4 atom stereocenters. The van der Waals surface area contributed by atoms with E-state index in [9.17, 15) is 24.9 Å². The van der Waals surface area contributed by atoms with Crippen LogP contribution in [0.5, 0.6) is 0 Å². The summed E-state index contributed by atoms with van der Waals surface area (Å²) in [5, 5.41) is 32.1. The van der Waals surface area contributed by atoms with Crippen molar-refractivity contribution in [3.05, 3.63) is 143 Å². The lowest BCUT2D eigenvalue weighted by atomic mass is 10.0. The summed E-state index contributed by atoms with van der Waals surface area (Å²) < 4.78 is 28.7. The highest BCUT2D eigenvalue weighted by Gasteiger charge is 2.34. The first kappa shape index (κ1) is 35.4. The van der Waals surface area contributed by atoms with Crippen molar-refractivity contribution in [3.63, 3.8) is 0 Å². The molecule has 0 radical (unpaired) electrons. The Morgan fingerprint density at radius 1 is 0.553 bits per heavy atom. The van der Waals surface area contributed by atoms with E-state index >= 15 is 0 Å². The van der Waals surface area contributed by atoms with Gasteiger partial charge in [0.1, 0.15) is 24.4 Å². The Labute approximate surface area is 274 Å². The molecule has 0 saturated carbocycles. The van der Waals surface area contributed by atoms with Gasteiger partial charge in [-0.1, -0.05) is 84.9 Å². The molecule has 3 N–H and O–H groups in total. The number of aliphatic hydroxyl groups is 2. The third-order valence-electron chi connectivity index (χ3n) is 7.40. The first-order valence-electron chi connectivity index (χ1n) is 15.2. The predicted molar refractivity (Wildman–Crippen MR) is 173 cm³/mol. The van der Waals surface area contributed by atoms with Crippen LogP contribution in [-0.4, -0.2) is 72.0 Å². The summed E-state index contributed by atoms with van der Waals surface area (Å²) in [5.41, 5.74) is 3.81. The second kappa shape index (κ2) is 18.7. The molecule has 0 unspecified atom stereocenters. The molecule has 10 nitrogen and oxygen atoms in total. The van der Waals surface area contributed by atoms with Gasteiger partial charge in [0.25, 0.3) is 0 Å². The third-order valence-corrected chi connectivity index (χ3v) is 7.40. The smallest absolute Gasteiger partial charge is 0.337 e. The number of hydrogen-bond donors (Lipinski definition) is 3. The summed E-state index contributed by atoms with van der Waals surface area (Å²) in [6.45, 7) is 0.541. The van der Waals surface area contributed by atoms with Gasteiger partial charge in [0.2, 0.25) is 0 Å². The van der Waals surface area contributed by atoms with E-state index < -0.39 is 36.4 Å². The van der Waals surface area contributed by atoms with Gasteiger partial charge in [-0.05, 0) is 46.5 Å². The van der Waals surface area contributed by atoms with E-state index in [1.54, 1.807) is 36.4 Å². The van der Waals surface area contributed by atoms with Gasteiger partial charge < -0.3 is 39.0 Å². The molecule has 0 aromatic heterocycles. The first-order valence-corrected chi connectivity index (χ1v) is 15.2. The maximum Gasteiger partial charge on any atom is 0.337 e. The van der Waals surface area contributed by atoms with Gasteiger partial charge in [-0.3, -0.25) is 0 Å². The zero-order valence-corrected chi connectivity index (χ0v) is 26.1. The first-order chi connectivity index (χ1) is 22.8. The van der Waals surface area contributed by atoms with E-state index in [1.165, 1.54) is 19.2 Å². The molecule has 4 aromatic carbocycles. The van der Waals surface area contributed by atoms with Crippen LogP contribution in [0.25, 0.3) is 0 Å². The number of rotatable bonds is 19. The molecule has 0 heterocycles. The van der Waals surface area contributed by atoms with Crippen LogP contribution < -0.4 is 0 Å². The van der Waals surface area contributed by atoms with Crippen molar-refractivity contribution in [2.24, 2.45) is 0 Å². The van der Waals surface area contributed by atoms with E-state index in [4.69, 9.17) is 23.7 Å². The molecular weight excluding hydrogens is 604 g/mol. The van der Waals surface area contributed by atoms with Crippen LogP contribution in [0.1, 0.15) is 43.0 Å². The zero-order valence-electron chi connectivity index (χ0n) is 26.1. The lowest BCUT2D eigenvalue weighted by Gasteiger charge is -2.32. The Hall–Kier alpha value is -4.42. The molecule has 0 amide bonds. The van der Waals surface area contributed by atoms with Gasteiger partial charge in [0.15, 0.2) is 0 Å². The van der Waals surface area contributed by atoms with Crippen molar-refractivity contribution in [1.82, 2.24) is 0 Å². The van der Waals surface area contributed by atoms with E-state index in [2.05, 4.69) is 0 Å². The SMILES string of the molecule is COC(=O)c1ccc(CO[C@H](COCc2ccccc2)[C@@H](O)[C@H](O)[C@@H](COCc2ccccc2)OCc2ccc(C(=O)O)cc2)cc1. The summed E-state index contributed by atoms with van der Waals surface area (Å²) in [6, 6.07) is 31.9. The van der Waals surface area contributed by atoms with Crippen molar-refractivity contribution in [3.8, 4) is 0 Å². The fraction of sp³-hybridized carbons (Fsp3) is 0.297. The number of ether oxygens (including phenoxy) is 5. The van der Waals surface area contributed by atoms with Crippen molar-refractivity contribution < 1.29 is 48.6 Å². The molecule has 0 spiro atoms. The Morgan fingerprint density at radius 2 is 0.936 bits per heavy atom. The molecule has 4 aromatic rings. The lowest BCUT2D eigenvalue weighted by molar-refractivity contribution is -0.170. The molecule has 248 valence electrons. The number of esters is 1. The summed E-state index contributed by atoms with van der Waals surface area (Å²) >= 11 is 0. The minimum absolute atomic E-state index is 0.0334. The van der Waals surface area contributed by atoms with Crippen molar-refractivity contribution in [1.29, 1.82) is 0 Å². The normalized spacial score (nSPS) is 13.8. The second-order valence-corrected chi connectivity index (χ2v) is 10.9. The van der Waals surface area contributed by atoms with E-state index in [-0.39, 0.29) is 45.2 Å². The summed E-state index contributed by atoms with van der Waals surface area (Å²) in [5.74, 6) is -1.50. The van der Waals surface area contributed by atoms with E-state index in [0.29, 0.717) is 11.1 Å². The Bertz CT molecular complexity index is 1490. The highest BCUT2D eigenvalue weighted by atomic mass is 16.6. The molecule has 0 aliphatic carbocycles. The van der Waals surface area contributed by atoms with Crippen molar-refractivity contribution in [2.45, 2.75) is 50.8 Å². The topological polar surface area (TPSA) is 141 Å². The number of hydrogen-bond acceptors (Lipinski definition) is 9. The quantitative estimate of drug-likeness (QED) is 0.122. The molecule has 0 fully saturated rings. The maximum absolute atomic E-state index is 11.8. The molecular formula is C37H40O10. The molecule has 0 saturated heterocycles. The largest absolute Gasteiger partial charge is 0.478 e. The van der Waals surface area contributed by atoms with Gasteiger partial charge in [-0.15, -0.1) is 0 Å². The second-order valence-electron chi connectivity index (χ2n) is 10.9. The zero-order chi connectivity index (χ0) is 33.4. The van der Waals surface area contributed by atoms with Crippen molar-refractivity contribution in [2.75, 3.05) is 20.3 Å². The standard InChI is InChI=1S/C37H40O10/c1-43-37(42)31-18-14-29(15-19-31)23-47-33(25-45-21-27-10-6-3-7-11-27)35(39)34(38)32(24-44-20-26-8-4-2-5-9-26)46-22-28-12-16-30(17-13-28)36(40)41/h2-19,32-35,38-39H,20-25H2,1H3,(H,40,41)/t32-,33-,34-,35-/m1/s1. The summed E-state index contributed by atoms with van der Waals surface area (Å²) in [7, 11) is 1.31. The number of aromatic carboxylic acids is 1. The van der Waals surface area contributed by atoms with Gasteiger partial charge in [0.05, 0.1) is 57.9 Å². The van der Waals surface area contributed by atoms with Crippen LogP contribution in [-0.2, 0) is 50.1 Å². The molecule has 0 bridgehead atoms. The number of aliphatic hydroxyl groups excluding tert-OH is 2. The number of carbonyl (C=O) groups is 2. The Morgan fingerprint density at radius 3 is 1.32 bits per heavy atom. The van der Waals surface area contributed by atoms with Gasteiger partial charge in [0, 0.05) is 0 Å². The van der Waals surface area contributed by atoms with E-state index in [1.807, 2.05) is 60.7 Å². The van der Waals surface area contributed by atoms with Gasteiger partial charge >= 0.3 is 11.9 Å². The number of methoxy groups -OCH3 is 1. The van der Waals surface area contributed by atoms with Crippen LogP contribution in [0.4, 0.5) is 0 Å². The van der Waals surface area contributed by atoms with Crippen LogP contribution in [0.2, 0.25) is 0 Å². The van der Waals surface area contributed by atoms with Crippen LogP contribution in [0.3, 0.4) is 0 Å². The Balaban J connectivity index is 1.46. The number of carbonyl (C=O) groups excluding carboxylic acids is 1. The molecule has 0 aliphatic rings. The van der Waals surface area contributed by atoms with Gasteiger partial charge in [-0.25, -0.2) is 9.59 Å². The van der Waals surface area contributed by atoms with Crippen LogP contribution >= 0.6 is 0 Å². The fourth-order valence-electron chi connectivity index (χ4n) is 4.67. The van der Waals surface area contributed by atoms with Crippen molar-refractivity contribution >= 4 is 11.9 Å². The van der Waals surface area contributed by atoms with Crippen LogP contribution in [0.15, 0.2) is 109 Å². The average Bonchev–Trinajstić information content (AvgIpc) is 3.11. The summed E-state index contributed by atoms with van der Waals surface area (Å²) in [6.07, 6.45) is -4.84. The van der Waals surface area contributed by atoms with Crippen LogP contribution in [0, 0.1) is 0 Å². The third kappa shape index (κ3) is 11.4. The average molecular weight is 645 g/mol. The number of benzene rings is 4. The van der Waals surface area contributed by atoms with Gasteiger partial charge in [-0.2, -0.15) is 0 Å². The lowest BCUT2D eigenvalue weighted by Crippen LogP contribution is -2.49. The molecule has 0 aliphatic heterocycles. The highest BCUT2D eigenvalue weighted by molar-refractivity contribution is 5.89. The molecule has 10 heteroatoms. The minimum Gasteiger partial charge on any atom is -0.478 e. The predicted octanol–water partition coefficient (Wildman–Crippen LogP) is 4.80. The molecule has 4 rings (SSSR count). The monoisotopic (exact) mass is 644 g/mol.